The molecule has 1 aromatic rings. The summed E-state index contributed by atoms with van der Waals surface area (Å²) < 4.78 is 10.8. The molecule has 4 nitrogen and oxygen atoms in total. The number of rotatable bonds is 6. The van der Waals surface area contributed by atoms with E-state index < -0.39 is 0 Å². The van der Waals surface area contributed by atoms with Gasteiger partial charge in [-0.2, -0.15) is 5.26 Å². The van der Waals surface area contributed by atoms with E-state index in [1.165, 1.54) is 0 Å². The van der Waals surface area contributed by atoms with Crippen molar-refractivity contribution in [1.29, 1.82) is 5.26 Å². The number of methoxy groups -OCH3 is 2. The third-order valence-corrected chi connectivity index (χ3v) is 3.18. The average Bonchev–Trinajstić information content (AvgIpc) is 2.37. The highest BCUT2D eigenvalue weighted by atomic mass is 16.5. The Morgan fingerprint density at radius 3 is 2.47 bits per heavy atom. The van der Waals surface area contributed by atoms with Gasteiger partial charge in [-0.25, -0.2) is 0 Å². The SMILES string of the molecule is COc1cc(C)c(C(C)(C)CNCC#N)c(OC)c1. The van der Waals surface area contributed by atoms with E-state index in [0.29, 0.717) is 13.1 Å². The van der Waals surface area contributed by atoms with Gasteiger partial charge in [0.1, 0.15) is 11.5 Å². The van der Waals surface area contributed by atoms with Crippen molar-refractivity contribution in [2.45, 2.75) is 26.2 Å². The van der Waals surface area contributed by atoms with E-state index in [9.17, 15) is 0 Å². The first kappa shape index (κ1) is 15.3. The number of nitrogens with zero attached hydrogens (tertiary/aromatic N) is 1. The van der Waals surface area contributed by atoms with Crippen molar-refractivity contribution in [3.8, 4) is 17.6 Å². The molecule has 1 aromatic carbocycles. The Morgan fingerprint density at radius 2 is 1.95 bits per heavy atom. The maximum Gasteiger partial charge on any atom is 0.126 e. The topological polar surface area (TPSA) is 54.3 Å². The molecular weight excluding hydrogens is 240 g/mol. The Bertz CT molecular complexity index is 476. The van der Waals surface area contributed by atoms with E-state index in [-0.39, 0.29) is 5.41 Å². The van der Waals surface area contributed by atoms with Crippen molar-refractivity contribution in [3.05, 3.63) is 23.3 Å². The average molecular weight is 262 g/mol. The summed E-state index contributed by atoms with van der Waals surface area (Å²) in [5.41, 5.74) is 2.14. The lowest BCUT2D eigenvalue weighted by molar-refractivity contribution is 0.375. The predicted molar refractivity (Wildman–Crippen MR) is 75.8 cm³/mol. The highest BCUT2D eigenvalue weighted by molar-refractivity contribution is 5.50. The number of aryl methyl sites for hydroxylation is 1. The van der Waals surface area contributed by atoms with Crippen LogP contribution in [0.3, 0.4) is 0 Å². The molecular formula is C15H22N2O2. The molecule has 0 aliphatic carbocycles. The maximum atomic E-state index is 8.60. The summed E-state index contributed by atoms with van der Waals surface area (Å²) in [5, 5.41) is 11.7. The third-order valence-electron chi connectivity index (χ3n) is 3.18. The Hall–Kier alpha value is -1.73. The van der Waals surface area contributed by atoms with Crippen molar-refractivity contribution < 1.29 is 9.47 Å². The van der Waals surface area contributed by atoms with Gasteiger partial charge in [-0.05, 0) is 18.6 Å². The van der Waals surface area contributed by atoms with E-state index in [1.54, 1.807) is 14.2 Å². The zero-order chi connectivity index (χ0) is 14.5. The number of hydrogen-bond acceptors (Lipinski definition) is 4. The Balaban J connectivity index is 3.14. The predicted octanol–water partition coefficient (Wildman–Crippen LogP) is 2.40. The summed E-state index contributed by atoms with van der Waals surface area (Å²) in [5.74, 6) is 1.61. The highest BCUT2D eigenvalue weighted by Crippen LogP contribution is 2.37. The van der Waals surface area contributed by atoms with Crippen molar-refractivity contribution >= 4 is 0 Å². The highest BCUT2D eigenvalue weighted by Gasteiger charge is 2.26. The van der Waals surface area contributed by atoms with E-state index in [0.717, 1.165) is 22.6 Å². The van der Waals surface area contributed by atoms with Crippen LogP contribution in [0.25, 0.3) is 0 Å². The van der Waals surface area contributed by atoms with E-state index in [4.69, 9.17) is 14.7 Å². The second-order valence-corrected chi connectivity index (χ2v) is 5.17. The van der Waals surface area contributed by atoms with Crippen LogP contribution in [-0.2, 0) is 5.41 Å². The molecule has 0 atom stereocenters. The molecule has 19 heavy (non-hydrogen) atoms. The normalized spacial score (nSPS) is 10.9. The molecule has 0 unspecified atom stereocenters. The molecule has 0 aliphatic rings. The molecule has 104 valence electrons. The van der Waals surface area contributed by atoms with Crippen LogP contribution in [-0.4, -0.2) is 27.3 Å². The Labute approximate surface area is 115 Å². The van der Waals surface area contributed by atoms with Gasteiger partial charge in [0.15, 0.2) is 0 Å². The standard InChI is InChI=1S/C15H22N2O2/c1-11-8-12(18-4)9-13(19-5)14(11)15(2,3)10-17-7-6-16/h8-9,17H,7,10H2,1-5H3. The molecule has 1 N–H and O–H groups in total. The molecule has 0 bridgehead atoms. The maximum absolute atomic E-state index is 8.60. The van der Waals surface area contributed by atoms with Crippen molar-refractivity contribution in [2.75, 3.05) is 27.3 Å². The van der Waals surface area contributed by atoms with Crippen molar-refractivity contribution in [3.63, 3.8) is 0 Å². The van der Waals surface area contributed by atoms with Gasteiger partial charge < -0.3 is 14.8 Å². The number of ether oxygens (including phenoxy) is 2. The molecule has 0 aromatic heterocycles. The number of nitriles is 1. The summed E-state index contributed by atoms with van der Waals surface area (Å²) in [7, 11) is 3.31. The van der Waals surface area contributed by atoms with Crippen LogP contribution in [0.5, 0.6) is 11.5 Å². The van der Waals surface area contributed by atoms with Crippen LogP contribution in [0.1, 0.15) is 25.0 Å². The fraction of sp³-hybridized carbons (Fsp3) is 0.533. The zero-order valence-corrected chi connectivity index (χ0v) is 12.3. The number of benzene rings is 1. The third kappa shape index (κ3) is 3.62. The molecule has 0 aliphatic heterocycles. The fourth-order valence-corrected chi connectivity index (χ4v) is 2.39. The largest absolute Gasteiger partial charge is 0.497 e. The van der Waals surface area contributed by atoms with Gasteiger partial charge in [-0.1, -0.05) is 13.8 Å². The summed E-state index contributed by atoms with van der Waals surface area (Å²) in [6.45, 7) is 7.38. The van der Waals surface area contributed by atoms with E-state index >= 15 is 0 Å². The lowest BCUT2D eigenvalue weighted by Gasteiger charge is -2.29. The molecule has 0 radical (unpaired) electrons. The lowest BCUT2D eigenvalue weighted by Crippen LogP contribution is -2.34. The molecule has 4 heteroatoms. The van der Waals surface area contributed by atoms with Crippen LogP contribution in [0, 0.1) is 18.3 Å². The minimum atomic E-state index is -0.126. The molecule has 1 rings (SSSR count). The summed E-state index contributed by atoms with van der Waals surface area (Å²) in [6.07, 6.45) is 0. The number of hydrogen-bond donors (Lipinski definition) is 1. The molecule has 0 fully saturated rings. The molecule has 0 saturated heterocycles. The zero-order valence-electron chi connectivity index (χ0n) is 12.3. The second kappa shape index (κ2) is 6.44. The first-order chi connectivity index (χ1) is 8.96. The van der Waals surface area contributed by atoms with Gasteiger partial charge in [0.05, 0.1) is 26.8 Å². The van der Waals surface area contributed by atoms with Crippen LogP contribution in [0.15, 0.2) is 12.1 Å². The minimum absolute atomic E-state index is 0.126. The van der Waals surface area contributed by atoms with E-state index in [2.05, 4.69) is 25.2 Å². The summed E-state index contributed by atoms with van der Waals surface area (Å²) in [4.78, 5) is 0. The summed E-state index contributed by atoms with van der Waals surface area (Å²) >= 11 is 0. The first-order valence-electron chi connectivity index (χ1n) is 6.27. The Morgan fingerprint density at radius 1 is 1.26 bits per heavy atom. The number of nitrogens with one attached hydrogen (secondary N) is 1. The van der Waals surface area contributed by atoms with Gasteiger partial charge in [-0.15, -0.1) is 0 Å². The summed E-state index contributed by atoms with van der Waals surface area (Å²) in [6, 6.07) is 5.99. The van der Waals surface area contributed by atoms with Crippen LogP contribution in [0.4, 0.5) is 0 Å². The van der Waals surface area contributed by atoms with Crippen LogP contribution >= 0.6 is 0 Å². The molecule has 0 spiro atoms. The fourth-order valence-electron chi connectivity index (χ4n) is 2.39. The second-order valence-electron chi connectivity index (χ2n) is 5.17. The first-order valence-corrected chi connectivity index (χ1v) is 6.27. The van der Waals surface area contributed by atoms with Crippen LogP contribution < -0.4 is 14.8 Å². The van der Waals surface area contributed by atoms with Gasteiger partial charge in [-0.3, -0.25) is 0 Å². The smallest absolute Gasteiger partial charge is 0.126 e. The van der Waals surface area contributed by atoms with Crippen LogP contribution in [0.2, 0.25) is 0 Å². The van der Waals surface area contributed by atoms with Crippen molar-refractivity contribution in [2.24, 2.45) is 0 Å². The van der Waals surface area contributed by atoms with Gasteiger partial charge >= 0.3 is 0 Å². The van der Waals surface area contributed by atoms with Crippen molar-refractivity contribution in [1.82, 2.24) is 5.32 Å². The monoisotopic (exact) mass is 262 g/mol. The minimum Gasteiger partial charge on any atom is -0.497 e. The Kier molecular flexibility index (Phi) is 5.20. The van der Waals surface area contributed by atoms with Gasteiger partial charge in [0.25, 0.3) is 0 Å². The molecule has 0 saturated carbocycles. The molecule has 0 heterocycles. The lowest BCUT2D eigenvalue weighted by atomic mass is 9.81. The van der Waals surface area contributed by atoms with Gasteiger partial charge in [0.2, 0.25) is 0 Å². The quantitative estimate of drug-likeness (QED) is 0.632. The van der Waals surface area contributed by atoms with Gasteiger partial charge in [0, 0.05) is 23.6 Å². The van der Waals surface area contributed by atoms with E-state index in [1.807, 2.05) is 19.1 Å². The molecule has 0 amide bonds.